The molecule has 6 heteroatoms. The van der Waals surface area contributed by atoms with E-state index in [0.29, 0.717) is 29.4 Å². The van der Waals surface area contributed by atoms with Crippen molar-refractivity contribution < 1.29 is 19.1 Å². The second kappa shape index (κ2) is 5.44. The van der Waals surface area contributed by atoms with Crippen molar-refractivity contribution in [1.29, 1.82) is 0 Å². The number of hydrogen-bond acceptors (Lipinski definition) is 2. The number of likely N-dealkylation sites (tertiary alicyclic amines) is 1. The molecule has 1 aromatic heterocycles. The van der Waals surface area contributed by atoms with Gasteiger partial charge in [-0.05, 0) is 44.0 Å². The molecule has 0 unspecified atom stereocenters. The predicted octanol–water partition coefficient (Wildman–Crippen LogP) is 2.63. The molecule has 22 heavy (non-hydrogen) atoms. The smallest absolute Gasteiger partial charge is 0.308 e. The normalized spacial score (nSPS) is 22.0. The highest BCUT2D eigenvalue weighted by molar-refractivity contribution is 5.98. The van der Waals surface area contributed by atoms with E-state index in [1.165, 1.54) is 12.1 Å². The average molecular weight is 304 g/mol. The van der Waals surface area contributed by atoms with Crippen molar-refractivity contribution in [2.24, 2.45) is 5.92 Å². The number of carbonyl (C=O) groups excluding carboxylic acids is 1. The molecule has 1 amide bonds. The molecule has 2 atom stereocenters. The zero-order chi connectivity index (χ0) is 15.9. The van der Waals surface area contributed by atoms with Crippen LogP contribution < -0.4 is 0 Å². The van der Waals surface area contributed by atoms with E-state index in [-0.39, 0.29) is 24.3 Å². The summed E-state index contributed by atoms with van der Waals surface area (Å²) in [7, 11) is 0. The molecular formula is C16H17FN2O3. The van der Waals surface area contributed by atoms with Gasteiger partial charge in [-0.1, -0.05) is 0 Å². The van der Waals surface area contributed by atoms with E-state index < -0.39 is 11.9 Å². The van der Waals surface area contributed by atoms with Crippen molar-refractivity contribution in [2.45, 2.75) is 25.8 Å². The van der Waals surface area contributed by atoms with Crippen LogP contribution in [0.4, 0.5) is 4.39 Å². The summed E-state index contributed by atoms with van der Waals surface area (Å²) in [5, 5.41) is 9.78. The molecule has 0 aliphatic carbocycles. The Morgan fingerprint density at radius 1 is 1.32 bits per heavy atom. The fraction of sp³-hybridized carbons (Fsp3) is 0.375. The Hall–Kier alpha value is -2.37. The highest BCUT2D eigenvalue weighted by atomic mass is 19.1. The quantitative estimate of drug-likeness (QED) is 0.895. The number of carboxylic acid groups (broad SMARTS) is 1. The fourth-order valence-corrected chi connectivity index (χ4v) is 2.96. The van der Waals surface area contributed by atoms with Crippen molar-refractivity contribution in [3.63, 3.8) is 0 Å². The Labute approximate surface area is 126 Å². The van der Waals surface area contributed by atoms with Gasteiger partial charge in [-0.15, -0.1) is 0 Å². The van der Waals surface area contributed by atoms with Gasteiger partial charge in [0.25, 0.3) is 5.91 Å². The minimum atomic E-state index is -0.872. The summed E-state index contributed by atoms with van der Waals surface area (Å²) >= 11 is 0. The Bertz CT molecular complexity index is 740. The molecule has 0 radical (unpaired) electrons. The van der Waals surface area contributed by atoms with E-state index in [9.17, 15) is 14.0 Å². The Morgan fingerprint density at radius 2 is 2.09 bits per heavy atom. The standard InChI is InChI=1S/C16H17FN2O3/c1-9-2-3-10(16(21)22)8-19(9)15(20)14-7-11-6-12(17)4-5-13(11)18-14/h4-7,9-10,18H,2-3,8H2,1H3,(H,21,22)/t9-,10+/m1/s1. The number of rotatable bonds is 2. The lowest BCUT2D eigenvalue weighted by atomic mass is 9.93. The fourth-order valence-electron chi connectivity index (χ4n) is 2.96. The lowest BCUT2D eigenvalue weighted by Crippen LogP contribution is -2.47. The van der Waals surface area contributed by atoms with Crippen LogP contribution in [0.1, 0.15) is 30.3 Å². The first-order valence-corrected chi connectivity index (χ1v) is 7.28. The molecule has 1 aromatic carbocycles. The summed E-state index contributed by atoms with van der Waals surface area (Å²) in [5.74, 6) is -2.00. The zero-order valence-corrected chi connectivity index (χ0v) is 12.2. The molecule has 1 aliphatic rings. The molecule has 116 valence electrons. The summed E-state index contributed by atoms with van der Waals surface area (Å²) in [6.45, 7) is 2.12. The molecule has 2 N–H and O–H groups in total. The first-order chi connectivity index (χ1) is 10.5. The number of nitrogens with zero attached hydrogens (tertiary/aromatic N) is 1. The van der Waals surface area contributed by atoms with Crippen LogP contribution in [-0.4, -0.2) is 39.5 Å². The van der Waals surface area contributed by atoms with Crippen molar-refractivity contribution in [3.05, 3.63) is 35.8 Å². The SMILES string of the molecule is C[C@@H]1CC[C@H](C(=O)O)CN1C(=O)c1cc2cc(F)ccc2[nH]1. The van der Waals surface area contributed by atoms with Crippen LogP contribution in [0.2, 0.25) is 0 Å². The molecule has 0 bridgehead atoms. The third-order valence-electron chi connectivity index (χ3n) is 4.31. The number of piperidine rings is 1. The van der Waals surface area contributed by atoms with Crippen LogP contribution in [0.15, 0.2) is 24.3 Å². The summed E-state index contributed by atoms with van der Waals surface area (Å²) in [6.07, 6.45) is 1.25. The maximum Gasteiger partial charge on any atom is 0.308 e. The molecule has 2 aromatic rings. The number of aliphatic carboxylic acids is 1. The van der Waals surface area contributed by atoms with E-state index in [4.69, 9.17) is 5.11 Å². The Kier molecular flexibility index (Phi) is 3.60. The number of fused-ring (bicyclic) bond motifs is 1. The number of H-pyrrole nitrogens is 1. The molecular weight excluding hydrogens is 287 g/mol. The van der Waals surface area contributed by atoms with Crippen LogP contribution >= 0.6 is 0 Å². The molecule has 1 aliphatic heterocycles. The van der Waals surface area contributed by atoms with Crippen LogP contribution in [0, 0.1) is 11.7 Å². The van der Waals surface area contributed by atoms with Crippen molar-refractivity contribution >= 4 is 22.8 Å². The van der Waals surface area contributed by atoms with Crippen LogP contribution in [-0.2, 0) is 4.79 Å². The number of aromatic nitrogens is 1. The molecule has 0 spiro atoms. The third kappa shape index (κ3) is 2.56. The van der Waals surface area contributed by atoms with Gasteiger partial charge in [0.1, 0.15) is 11.5 Å². The van der Waals surface area contributed by atoms with Gasteiger partial charge in [0.05, 0.1) is 5.92 Å². The van der Waals surface area contributed by atoms with Gasteiger partial charge < -0.3 is 15.0 Å². The zero-order valence-electron chi connectivity index (χ0n) is 12.2. The summed E-state index contributed by atoms with van der Waals surface area (Å²) < 4.78 is 13.2. The number of carbonyl (C=O) groups is 2. The van der Waals surface area contributed by atoms with E-state index >= 15 is 0 Å². The minimum Gasteiger partial charge on any atom is -0.481 e. The second-order valence-corrected chi connectivity index (χ2v) is 5.83. The maximum absolute atomic E-state index is 13.2. The molecule has 3 rings (SSSR count). The van der Waals surface area contributed by atoms with Gasteiger partial charge in [-0.2, -0.15) is 0 Å². The maximum atomic E-state index is 13.2. The lowest BCUT2D eigenvalue weighted by molar-refractivity contribution is -0.143. The van der Waals surface area contributed by atoms with Gasteiger partial charge in [-0.3, -0.25) is 9.59 Å². The van der Waals surface area contributed by atoms with Crippen LogP contribution in [0.25, 0.3) is 10.9 Å². The van der Waals surface area contributed by atoms with Crippen molar-refractivity contribution in [3.8, 4) is 0 Å². The first kappa shape index (κ1) is 14.6. The second-order valence-electron chi connectivity index (χ2n) is 5.83. The first-order valence-electron chi connectivity index (χ1n) is 7.28. The van der Waals surface area contributed by atoms with Crippen molar-refractivity contribution in [1.82, 2.24) is 9.88 Å². The van der Waals surface area contributed by atoms with Crippen molar-refractivity contribution in [2.75, 3.05) is 6.54 Å². The summed E-state index contributed by atoms with van der Waals surface area (Å²) in [5.41, 5.74) is 1.04. The molecule has 5 nitrogen and oxygen atoms in total. The average Bonchev–Trinajstić information content (AvgIpc) is 2.89. The predicted molar refractivity (Wildman–Crippen MR) is 79.1 cm³/mol. The molecule has 1 fully saturated rings. The van der Waals surface area contributed by atoms with E-state index in [0.717, 1.165) is 0 Å². The number of carboxylic acids is 1. The number of halogens is 1. The largest absolute Gasteiger partial charge is 0.481 e. The number of benzene rings is 1. The van der Waals surface area contributed by atoms with Gasteiger partial charge in [0, 0.05) is 23.5 Å². The van der Waals surface area contributed by atoms with Gasteiger partial charge >= 0.3 is 5.97 Å². The summed E-state index contributed by atoms with van der Waals surface area (Å²) in [6, 6.07) is 5.88. The van der Waals surface area contributed by atoms with Crippen LogP contribution in [0.5, 0.6) is 0 Å². The highest BCUT2D eigenvalue weighted by Gasteiger charge is 2.33. The van der Waals surface area contributed by atoms with E-state index in [1.54, 1.807) is 17.0 Å². The molecule has 2 heterocycles. The monoisotopic (exact) mass is 304 g/mol. The summed E-state index contributed by atoms with van der Waals surface area (Å²) in [4.78, 5) is 28.4. The number of hydrogen-bond donors (Lipinski definition) is 2. The molecule has 0 saturated carbocycles. The number of amides is 1. The van der Waals surface area contributed by atoms with E-state index in [1.807, 2.05) is 6.92 Å². The van der Waals surface area contributed by atoms with E-state index in [2.05, 4.69) is 4.98 Å². The number of nitrogens with one attached hydrogen (secondary N) is 1. The Balaban J connectivity index is 1.88. The minimum absolute atomic E-state index is 0.00810. The number of aromatic amines is 1. The third-order valence-corrected chi connectivity index (χ3v) is 4.31. The Morgan fingerprint density at radius 3 is 2.82 bits per heavy atom. The van der Waals surface area contributed by atoms with Crippen LogP contribution in [0.3, 0.4) is 0 Å². The van der Waals surface area contributed by atoms with Gasteiger partial charge in [0.15, 0.2) is 0 Å². The van der Waals surface area contributed by atoms with Gasteiger partial charge in [0.2, 0.25) is 0 Å². The molecule has 1 saturated heterocycles. The van der Waals surface area contributed by atoms with Gasteiger partial charge in [-0.25, -0.2) is 4.39 Å². The lowest BCUT2D eigenvalue weighted by Gasteiger charge is -2.36. The highest BCUT2D eigenvalue weighted by Crippen LogP contribution is 2.25. The topological polar surface area (TPSA) is 73.4 Å².